The SMILES string of the molecule is Nc1nnc(Cl)cc1N1CCCC1. The number of anilines is 2. The lowest BCUT2D eigenvalue weighted by atomic mass is 10.4. The number of rotatable bonds is 1. The molecule has 0 aromatic carbocycles. The van der Waals surface area contributed by atoms with Crippen molar-refractivity contribution in [2.75, 3.05) is 23.7 Å². The Labute approximate surface area is 81.7 Å². The largest absolute Gasteiger partial charge is 0.380 e. The fraction of sp³-hybridized carbons (Fsp3) is 0.500. The summed E-state index contributed by atoms with van der Waals surface area (Å²) in [5.74, 6) is 0.464. The molecular weight excluding hydrogens is 188 g/mol. The lowest BCUT2D eigenvalue weighted by Gasteiger charge is -2.18. The molecule has 13 heavy (non-hydrogen) atoms. The number of nitrogen functional groups attached to an aromatic ring is 1. The van der Waals surface area contributed by atoms with Crippen molar-refractivity contribution in [3.05, 3.63) is 11.2 Å². The van der Waals surface area contributed by atoms with Crippen LogP contribution < -0.4 is 10.6 Å². The van der Waals surface area contributed by atoms with Crippen molar-refractivity contribution < 1.29 is 0 Å². The molecule has 0 bridgehead atoms. The Bertz CT molecular complexity index is 309. The maximum absolute atomic E-state index is 5.74. The average molecular weight is 199 g/mol. The predicted molar refractivity (Wildman–Crippen MR) is 52.9 cm³/mol. The summed E-state index contributed by atoms with van der Waals surface area (Å²) in [5.41, 5.74) is 6.61. The molecule has 70 valence electrons. The van der Waals surface area contributed by atoms with E-state index in [1.165, 1.54) is 12.8 Å². The van der Waals surface area contributed by atoms with Crippen LogP contribution in [0.4, 0.5) is 11.5 Å². The van der Waals surface area contributed by atoms with E-state index in [9.17, 15) is 0 Å². The van der Waals surface area contributed by atoms with E-state index < -0.39 is 0 Å². The normalized spacial score (nSPS) is 16.5. The van der Waals surface area contributed by atoms with Gasteiger partial charge in [0, 0.05) is 19.2 Å². The summed E-state index contributed by atoms with van der Waals surface area (Å²) in [5, 5.41) is 7.85. The molecule has 2 N–H and O–H groups in total. The van der Waals surface area contributed by atoms with Crippen molar-refractivity contribution in [3.8, 4) is 0 Å². The van der Waals surface area contributed by atoms with Crippen LogP contribution >= 0.6 is 11.6 Å². The van der Waals surface area contributed by atoms with Crippen molar-refractivity contribution in [1.82, 2.24) is 10.2 Å². The minimum atomic E-state index is 0.399. The summed E-state index contributed by atoms with van der Waals surface area (Å²) in [7, 11) is 0. The molecule has 1 aromatic heterocycles. The van der Waals surface area contributed by atoms with Crippen LogP contribution in [0.15, 0.2) is 6.07 Å². The quantitative estimate of drug-likeness (QED) is 0.740. The van der Waals surface area contributed by atoms with Gasteiger partial charge in [-0.2, -0.15) is 0 Å². The zero-order chi connectivity index (χ0) is 9.26. The van der Waals surface area contributed by atoms with Gasteiger partial charge in [0.2, 0.25) is 0 Å². The fourth-order valence-corrected chi connectivity index (χ4v) is 1.72. The molecule has 0 saturated carbocycles. The molecule has 1 fully saturated rings. The number of halogens is 1. The van der Waals surface area contributed by atoms with Gasteiger partial charge in [0.15, 0.2) is 11.0 Å². The van der Waals surface area contributed by atoms with Crippen molar-refractivity contribution in [1.29, 1.82) is 0 Å². The van der Waals surface area contributed by atoms with Crippen molar-refractivity contribution in [3.63, 3.8) is 0 Å². The smallest absolute Gasteiger partial charge is 0.169 e. The van der Waals surface area contributed by atoms with E-state index in [1.54, 1.807) is 6.07 Å². The number of nitrogens with two attached hydrogens (primary N) is 1. The molecule has 5 heteroatoms. The molecular formula is C8H11ClN4. The number of hydrogen-bond donors (Lipinski definition) is 1. The number of hydrogen-bond acceptors (Lipinski definition) is 4. The Balaban J connectivity index is 2.32. The van der Waals surface area contributed by atoms with E-state index >= 15 is 0 Å². The highest BCUT2D eigenvalue weighted by atomic mass is 35.5. The summed E-state index contributed by atoms with van der Waals surface area (Å²) in [6, 6.07) is 1.77. The molecule has 0 aliphatic carbocycles. The first kappa shape index (κ1) is 8.56. The molecule has 2 rings (SSSR count). The highest BCUT2D eigenvalue weighted by Gasteiger charge is 2.15. The van der Waals surface area contributed by atoms with Crippen LogP contribution in [0.1, 0.15) is 12.8 Å². The molecule has 2 heterocycles. The van der Waals surface area contributed by atoms with Gasteiger partial charge in [-0.05, 0) is 12.8 Å². The standard InChI is InChI=1S/C8H11ClN4/c9-7-5-6(8(10)12-11-7)13-3-1-2-4-13/h5H,1-4H2,(H2,10,12). The van der Waals surface area contributed by atoms with E-state index in [2.05, 4.69) is 15.1 Å². The molecule has 1 aromatic rings. The first-order valence-electron chi connectivity index (χ1n) is 4.31. The van der Waals surface area contributed by atoms with E-state index in [-0.39, 0.29) is 0 Å². The van der Waals surface area contributed by atoms with Gasteiger partial charge in [0.25, 0.3) is 0 Å². The summed E-state index contributed by atoms with van der Waals surface area (Å²) >= 11 is 5.74. The van der Waals surface area contributed by atoms with E-state index in [1.807, 2.05) is 0 Å². The Morgan fingerprint density at radius 1 is 1.31 bits per heavy atom. The summed E-state index contributed by atoms with van der Waals surface area (Å²) in [6.07, 6.45) is 2.42. The van der Waals surface area contributed by atoms with Crippen molar-refractivity contribution >= 4 is 23.1 Å². The molecule has 0 radical (unpaired) electrons. The van der Waals surface area contributed by atoms with Crippen molar-refractivity contribution in [2.24, 2.45) is 0 Å². The molecule has 0 atom stereocenters. The maximum atomic E-state index is 5.74. The molecule has 4 nitrogen and oxygen atoms in total. The summed E-state index contributed by atoms with van der Waals surface area (Å²) in [6.45, 7) is 2.07. The third-order valence-electron chi connectivity index (χ3n) is 2.22. The van der Waals surface area contributed by atoms with Crippen molar-refractivity contribution in [2.45, 2.75) is 12.8 Å². The monoisotopic (exact) mass is 198 g/mol. The Morgan fingerprint density at radius 3 is 2.69 bits per heavy atom. The zero-order valence-corrected chi connectivity index (χ0v) is 7.96. The Morgan fingerprint density at radius 2 is 2.00 bits per heavy atom. The van der Waals surface area contributed by atoms with Crippen LogP contribution in [0.3, 0.4) is 0 Å². The molecule has 0 amide bonds. The van der Waals surface area contributed by atoms with Crippen LogP contribution in [0.2, 0.25) is 5.15 Å². The minimum Gasteiger partial charge on any atom is -0.380 e. The molecule has 0 unspecified atom stereocenters. The van der Waals surface area contributed by atoms with Gasteiger partial charge in [-0.25, -0.2) is 0 Å². The zero-order valence-electron chi connectivity index (χ0n) is 7.20. The first-order valence-corrected chi connectivity index (χ1v) is 4.69. The highest BCUT2D eigenvalue weighted by Crippen LogP contribution is 2.26. The van der Waals surface area contributed by atoms with Crippen LogP contribution in [-0.4, -0.2) is 23.3 Å². The van der Waals surface area contributed by atoms with Crippen LogP contribution in [0.25, 0.3) is 0 Å². The summed E-state index contributed by atoms with van der Waals surface area (Å²) in [4.78, 5) is 2.19. The minimum absolute atomic E-state index is 0.399. The van der Waals surface area contributed by atoms with Gasteiger partial charge in [0.1, 0.15) is 0 Å². The molecule has 1 saturated heterocycles. The van der Waals surface area contributed by atoms with Gasteiger partial charge in [-0.15, -0.1) is 10.2 Å². The topological polar surface area (TPSA) is 55.0 Å². The van der Waals surface area contributed by atoms with Gasteiger partial charge in [0.05, 0.1) is 5.69 Å². The fourth-order valence-electron chi connectivity index (χ4n) is 1.58. The van der Waals surface area contributed by atoms with Crippen LogP contribution in [0, 0.1) is 0 Å². The maximum Gasteiger partial charge on any atom is 0.169 e. The van der Waals surface area contributed by atoms with Crippen LogP contribution in [0.5, 0.6) is 0 Å². The van der Waals surface area contributed by atoms with Gasteiger partial charge < -0.3 is 10.6 Å². The van der Waals surface area contributed by atoms with Gasteiger partial charge in [-0.1, -0.05) is 11.6 Å². The summed E-state index contributed by atoms with van der Waals surface area (Å²) < 4.78 is 0. The van der Waals surface area contributed by atoms with Crippen LogP contribution in [-0.2, 0) is 0 Å². The lowest BCUT2D eigenvalue weighted by molar-refractivity contribution is 0.944. The molecule has 1 aliphatic heterocycles. The third-order valence-corrected chi connectivity index (χ3v) is 2.40. The van der Waals surface area contributed by atoms with E-state index in [0.29, 0.717) is 11.0 Å². The van der Waals surface area contributed by atoms with E-state index in [4.69, 9.17) is 17.3 Å². The highest BCUT2D eigenvalue weighted by molar-refractivity contribution is 6.29. The first-order chi connectivity index (χ1) is 6.27. The second-order valence-corrected chi connectivity index (χ2v) is 3.52. The predicted octanol–water partition coefficient (Wildman–Crippen LogP) is 1.31. The van der Waals surface area contributed by atoms with Gasteiger partial charge in [-0.3, -0.25) is 0 Å². The number of aromatic nitrogens is 2. The molecule has 0 spiro atoms. The molecule has 1 aliphatic rings. The Kier molecular flexibility index (Phi) is 2.22. The number of nitrogens with zero attached hydrogens (tertiary/aromatic N) is 3. The Hall–Kier alpha value is -1.03. The third kappa shape index (κ3) is 1.67. The average Bonchev–Trinajstić information content (AvgIpc) is 2.61. The van der Waals surface area contributed by atoms with E-state index in [0.717, 1.165) is 18.8 Å². The second-order valence-electron chi connectivity index (χ2n) is 3.13. The lowest BCUT2D eigenvalue weighted by Crippen LogP contribution is -2.19. The van der Waals surface area contributed by atoms with Gasteiger partial charge >= 0.3 is 0 Å². The second kappa shape index (κ2) is 3.38.